The molecule has 2 unspecified atom stereocenters. The maximum atomic E-state index is 12.7. The number of aryl methyl sites for hydroxylation is 1. The highest BCUT2D eigenvalue weighted by atomic mass is 32.1. The van der Waals surface area contributed by atoms with Gasteiger partial charge >= 0.3 is 11.0 Å². The third-order valence-electron chi connectivity index (χ3n) is 7.27. The van der Waals surface area contributed by atoms with E-state index in [2.05, 4.69) is 47.0 Å². The molecule has 1 aromatic carbocycles. The van der Waals surface area contributed by atoms with E-state index < -0.39 is 4.92 Å². The summed E-state index contributed by atoms with van der Waals surface area (Å²) in [5, 5.41) is 19.8. The standard InChI is InChI=1S/C23H26N4O3S/c1-15-2-4-19(5-3-15)22-8-16-6-17(9-22)11-23(10-16,14-22)25-21(28)26-24-12-18-7-20(27(29)30)31-13-18/h2-5,7,12-13,16-17H,6,8-11,14H2,1H3,(H2,25,26,28). The molecule has 4 saturated carbocycles. The average Bonchev–Trinajstić information content (AvgIpc) is 3.16. The van der Waals surface area contributed by atoms with Crippen molar-refractivity contribution in [2.24, 2.45) is 16.9 Å². The summed E-state index contributed by atoms with van der Waals surface area (Å²) in [5.41, 5.74) is 5.82. The largest absolute Gasteiger partial charge is 0.335 e. The van der Waals surface area contributed by atoms with Crippen molar-refractivity contribution in [2.75, 3.05) is 0 Å². The lowest BCUT2D eigenvalue weighted by atomic mass is 9.45. The lowest BCUT2D eigenvalue weighted by Gasteiger charge is -2.62. The van der Waals surface area contributed by atoms with Crippen LogP contribution in [-0.4, -0.2) is 22.7 Å². The van der Waals surface area contributed by atoms with Gasteiger partial charge in [-0.2, -0.15) is 5.10 Å². The van der Waals surface area contributed by atoms with Crippen molar-refractivity contribution in [1.29, 1.82) is 0 Å². The van der Waals surface area contributed by atoms with Gasteiger partial charge in [-0.05, 0) is 68.3 Å². The molecular formula is C23H26N4O3S. The highest BCUT2D eigenvalue weighted by Crippen LogP contribution is 2.62. The smallest absolute Gasteiger partial charge is 0.331 e. The Balaban J connectivity index is 1.28. The Morgan fingerprint density at radius 2 is 1.94 bits per heavy atom. The molecule has 2 amide bonds. The molecule has 0 saturated heterocycles. The number of carbonyl (C=O) groups is 1. The van der Waals surface area contributed by atoms with E-state index in [0.717, 1.165) is 30.6 Å². The van der Waals surface area contributed by atoms with Crippen LogP contribution in [0.25, 0.3) is 0 Å². The summed E-state index contributed by atoms with van der Waals surface area (Å²) >= 11 is 1.04. The Bertz CT molecular complexity index is 1030. The van der Waals surface area contributed by atoms with Crippen molar-refractivity contribution in [3.8, 4) is 0 Å². The number of thiophene rings is 1. The molecule has 31 heavy (non-hydrogen) atoms. The minimum atomic E-state index is -0.431. The van der Waals surface area contributed by atoms with Crippen LogP contribution in [0.1, 0.15) is 55.2 Å². The first-order valence-electron chi connectivity index (χ1n) is 10.8. The van der Waals surface area contributed by atoms with Crippen molar-refractivity contribution in [1.82, 2.24) is 10.7 Å². The molecule has 8 heteroatoms. The first-order chi connectivity index (χ1) is 14.8. The van der Waals surface area contributed by atoms with Gasteiger partial charge in [-0.25, -0.2) is 10.2 Å². The van der Waals surface area contributed by atoms with Gasteiger partial charge in [0, 0.05) is 22.5 Å². The molecule has 2 N–H and O–H groups in total. The van der Waals surface area contributed by atoms with Crippen molar-refractivity contribution in [2.45, 2.75) is 56.4 Å². The number of hydrogen-bond acceptors (Lipinski definition) is 5. The fraction of sp³-hybridized carbons (Fsp3) is 0.478. The number of amides is 2. The van der Waals surface area contributed by atoms with Gasteiger partial charge in [0.1, 0.15) is 0 Å². The number of nitro groups is 1. The third-order valence-corrected chi connectivity index (χ3v) is 8.17. The molecule has 6 rings (SSSR count). The molecule has 0 spiro atoms. The molecule has 2 aromatic rings. The maximum Gasteiger partial charge on any atom is 0.335 e. The van der Waals surface area contributed by atoms with Gasteiger partial charge in [-0.15, -0.1) is 0 Å². The number of carbonyl (C=O) groups excluding carboxylic acids is 1. The van der Waals surface area contributed by atoms with Crippen LogP contribution in [0.3, 0.4) is 0 Å². The zero-order chi connectivity index (χ0) is 21.6. The quantitative estimate of drug-likeness (QED) is 0.395. The molecule has 7 nitrogen and oxygen atoms in total. The molecule has 4 fully saturated rings. The van der Waals surface area contributed by atoms with Gasteiger partial charge in [-0.1, -0.05) is 41.2 Å². The fourth-order valence-electron chi connectivity index (χ4n) is 6.59. The van der Waals surface area contributed by atoms with Crippen LogP contribution in [0, 0.1) is 28.9 Å². The molecule has 1 aromatic heterocycles. The van der Waals surface area contributed by atoms with Crippen molar-refractivity contribution < 1.29 is 9.72 Å². The van der Waals surface area contributed by atoms with Gasteiger partial charge in [0.15, 0.2) is 0 Å². The summed E-state index contributed by atoms with van der Waals surface area (Å²) in [6.45, 7) is 2.12. The number of hydrogen-bond donors (Lipinski definition) is 2. The van der Waals surface area contributed by atoms with E-state index >= 15 is 0 Å². The second-order valence-corrected chi connectivity index (χ2v) is 10.6. The second-order valence-electron chi connectivity index (χ2n) is 9.69. The van der Waals surface area contributed by atoms with Crippen LogP contribution in [-0.2, 0) is 5.41 Å². The summed E-state index contributed by atoms with van der Waals surface area (Å²) in [4.78, 5) is 23.0. The van der Waals surface area contributed by atoms with Crippen LogP contribution < -0.4 is 10.7 Å². The molecular weight excluding hydrogens is 412 g/mol. The Morgan fingerprint density at radius 3 is 2.58 bits per heavy atom. The van der Waals surface area contributed by atoms with Crippen molar-refractivity contribution in [3.63, 3.8) is 0 Å². The minimum Gasteiger partial charge on any atom is -0.331 e. The van der Waals surface area contributed by atoms with E-state index in [1.807, 2.05) is 0 Å². The number of nitrogens with one attached hydrogen (secondary N) is 2. The average molecular weight is 439 g/mol. The summed E-state index contributed by atoms with van der Waals surface area (Å²) in [5.74, 6) is 1.30. The van der Waals surface area contributed by atoms with E-state index in [-0.39, 0.29) is 22.0 Å². The Hall–Kier alpha value is -2.74. The van der Waals surface area contributed by atoms with Crippen LogP contribution in [0.5, 0.6) is 0 Å². The third kappa shape index (κ3) is 3.84. The highest BCUT2D eigenvalue weighted by molar-refractivity contribution is 7.13. The van der Waals surface area contributed by atoms with E-state index in [9.17, 15) is 14.9 Å². The molecule has 0 aliphatic heterocycles. The summed E-state index contributed by atoms with van der Waals surface area (Å²) in [6, 6.07) is 10.1. The van der Waals surface area contributed by atoms with Gasteiger partial charge in [0.2, 0.25) is 0 Å². The Labute approximate surface area is 185 Å². The first kappa shape index (κ1) is 20.2. The lowest BCUT2D eigenvalue weighted by molar-refractivity contribution is -0.380. The van der Waals surface area contributed by atoms with E-state index in [1.165, 1.54) is 42.7 Å². The highest BCUT2D eigenvalue weighted by Gasteiger charge is 2.58. The van der Waals surface area contributed by atoms with Gasteiger partial charge in [0.05, 0.1) is 11.1 Å². The molecule has 4 aliphatic carbocycles. The van der Waals surface area contributed by atoms with E-state index in [4.69, 9.17) is 0 Å². The molecule has 1 heterocycles. The maximum absolute atomic E-state index is 12.7. The van der Waals surface area contributed by atoms with Crippen LogP contribution >= 0.6 is 11.3 Å². The SMILES string of the molecule is Cc1ccc(C23CC4CC(CC(NC(=O)NN=Cc5csc([N+](=O)[O-])c5)(C4)C2)C3)cc1. The first-order valence-corrected chi connectivity index (χ1v) is 11.6. The summed E-state index contributed by atoms with van der Waals surface area (Å²) in [7, 11) is 0. The Kier molecular flexibility index (Phi) is 4.84. The van der Waals surface area contributed by atoms with Gasteiger partial charge in [-0.3, -0.25) is 10.1 Å². The topological polar surface area (TPSA) is 96.6 Å². The number of urea groups is 1. The lowest BCUT2D eigenvalue weighted by Crippen LogP contribution is -2.65. The predicted octanol–water partition coefficient (Wildman–Crippen LogP) is 4.89. The normalized spacial score (nSPS) is 31.1. The molecule has 4 aliphatic rings. The van der Waals surface area contributed by atoms with Crippen LogP contribution in [0.2, 0.25) is 0 Å². The van der Waals surface area contributed by atoms with Crippen LogP contribution in [0.15, 0.2) is 40.8 Å². The Morgan fingerprint density at radius 1 is 1.23 bits per heavy atom. The van der Waals surface area contributed by atoms with Crippen molar-refractivity contribution in [3.05, 3.63) is 62.5 Å². The summed E-state index contributed by atoms with van der Waals surface area (Å²) in [6.07, 6.45) is 8.18. The minimum absolute atomic E-state index is 0.0564. The number of rotatable bonds is 5. The predicted molar refractivity (Wildman–Crippen MR) is 121 cm³/mol. The number of hydrazone groups is 1. The van der Waals surface area contributed by atoms with Crippen LogP contribution in [0.4, 0.5) is 9.80 Å². The zero-order valence-electron chi connectivity index (χ0n) is 17.5. The van der Waals surface area contributed by atoms with E-state index in [1.54, 1.807) is 5.38 Å². The zero-order valence-corrected chi connectivity index (χ0v) is 18.3. The number of nitrogens with zero attached hydrogens (tertiary/aromatic N) is 2. The molecule has 2 atom stereocenters. The van der Waals surface area contributed by atoms with E-state index in [0.29, 0.717) is 17.4 Å². The van der Waals surface area contributed by atoms with Gasteiger partial charge in [0.25, 0.3) is 0 Å². The second kappa shape index (κ2) is 7.44. The molecule has 0 radical (unpaired) electrons. The van der Waals surface area contributed by atoms with Gasteiger partial charge < -0.3 is 5.32 Å². The molecule has 162 valence electrons. The summed E-state index contributed by atoms with van der Waals surface area (Å²) < 4.78 is 0. The monoisotopic (exact) mass is 438 g/mol. The molecule has 4 bridgehead atoms. The fourth-order valence-corrected chi connectivity index (χ4v) is 7.27. The van der Waals surface area contributed by atoms with Crippen molar-refractivity contribution >= 4 is 28.6 Å². The number of benzene rings is 1.